The van der Waals surface area contributed by atoms with E-state index in [1.807, 2.05) is 12.1 Å². The monoisotopic (exact) mass is 421 g/mol. The molecule has 1 N–H and O–H groups in total. The first-order chi connectivity index (χ1) is 13.3. The Hall–Kier alpha value is -1.16. The number of aliphatic carboxylic acids is 1. The van der Waals surface area contributed by atoms with Crippen LogP contribution in [0.15, 0.2) is 12.1 Å². The fourth-order valence-corrected chi connectivity index (χ4v) is 4.72. The van der Waals surface area contributed by atoms with Gasteiger partial charge in [0.1, 0.15) is 5.25 Å². The van der Waals surface area contributed by atoms with E-state index in [1.165, 1.54) is 11.8 Å². The predicted molar refractivity (Wildman–Crippen MR) is 124 cm³/mol. The molecule has 1 rings (SSSR count). The van der Waals surface area contributed by atoms with Gasteiger partial charge < -0.3 is 10.2 Å². The summed E-state index contributed by atoms with van der Waals surface area (Å²) in [7, 11) is 0. The van der Waals surface area contributed by atoms with Crippen molar-refractivity contribution in [3.05, 3.63) is 28.8 Å². The Morgan fingerprint density at radius 3 is 1.97 bits per heavy atom. The molecular weight excluding hydrogens is 380 g/mol. The molecule has 0 bridgehead atoms. The topological polar surface area (TPSA) is 60.4 Å². The highest BCUT2D eigenvalue weighted by atomic mass is 32.2. The zero-order valence-electron chi connectivity index (χ0n) is 19.7. The molecule has 0 aliphatic heterocycles. The molecule has 0 fully saturated rings. The number of carbonyl (C=O) groups is 1. The third-order valence-corrected chi connectivity index (χ3v) is 6.88. The zero-order chi connectivity index (χ0) is 22.4. The minimum Gasteiger partial charge on any atom is -0.872 e. The molecule has 0 heterocycles. The summed E-state index contributed by atoms with van der Waals surface area (Å²) in [6.45, 7) is 16.7. The molecule has 0 radical (unpaired) electrons. The molecule has 3 nitrogen and oxygen atoms in total. The van der Waals surface area contributed by atoms with Crippen LogP contribution in [0.25, 0.3) is 0 Å². The van der Waals surface area contributed by atoms with Gasteiger partial charge in [-0.15, -0.1) is 17.5 Å². The standard InChI is InChI=1S/C25H42O3S/c1-9-11-12-17(10-2)15-21(23(27)28)29-16-18-13-19(24(3,4)5)22(26)20(14-18)25(6,7)8/h13-14,17,21,26H,9-12,15-16H2,1-8H3,(H,27,28)/p-1. The second kappa shape index (κ2) is 10.7. The SMILES string of the molecule is CCCCC(CC)CC(SCc1cc(C(C)(C)C)c([O-])c(C(C)(C)C)c1)C(=O)O. The maximum absolute atomic E-state index is 13.0. The normalized spacial score (nSPS) is 14.6. The molecule has 1 aromatic carbocycles. The van der Waals surface area contributed by atoms with E-state index in [1.54, 1.807) is 0 Å². The molecule has 4 heteroatoms. The number of hydrogen-bond acceptors (Lipinski definition) is 3. The average molecular weight is 422 g/mol. The van der Waals surface area contributed by atoms with Crippen LogP contribution in [0.1, 0.15) is 104 Å². The van der Waals surface area contributed by atoms with Gasteiger partial charge in [0.05, 0.1) is 0 Å². The van der Waals surface area contributed by atoms with E-state index >= 15 is 0 Å². The van der Waals surface area contributed by atoms with Gasteiger partial charge in [-0.05, 0) is 39.9 Å². The van der Waals surface area contributed by atoms with Gasteiger partial charge in [0.15, 0.2) is 0 Å². The van der Waals surface area contributed by atoms with Crippen LogP contribution in [-0.2, 0) is 21.4 Å². The van der Waals surface area contributed by atoms with E-state index in [4.69, 9.17) is 0 Å². The van der Waals surface area contributed by atoms with Gasteiger partial charge in [0, 0.05) is 5.75 Å². The van der Waals surface area contributed by atoms with E-state index in [0.717, 1.165) is 42.4 Å². The lowest BCUT2D eigenvalue weighted by Crippen LogP contribution is -2.22. The van der Waals surface area contributed by atoms with Crippen molar-refractivity contribution in [2.45, 2.75) is 109 Å². The minimum atomic E-state index is -0.725. The summed E-state index contributed by atoms with van der Waals surface area (Å²) in [6, 6.07) is 4.00. The Morgan fingerprint density at radius 1 is 1.07 bits per heavy atom. The fraction of sp³-hybridized carbons (Fsp3) is 0.720. The van der Waals surface area contributed by atoms with E-state index in [2.05, 4.69) is 55.4 Å². The van der Waals surface area contributed by atoms with Gasteiger partial charge in [-0.2, -0.15) is 0 Å². The molecule has 0 saturated heterocycles. The fourth-order valence-electron chi connectivity index (χ4n) is 3.61. The summed E-state index contributed by atoms with van der Waals surface area (Å²) < 4.78 is 0. The van der Waals surface area contributed by atoms with Gasteiger partial charge in [-0.25, -0.2) is 0 Å². The van der Waals surface area contributed by atoms with Crippen molar-refractivity contribution in [1.29, 1.82) is 0 Å². The number of unbranched alkanes of at least 4 members (excludes halogenated alkanes) is 1. The second-order valence-corrected chi connectivity index (χ2v) is 11.5. The predicted octanol–water partition coefficient (Wildman–Crippen LogP) is 6.65. The first kappa shape index (κ1) is 25.9. The van der Waals surface area contributed by atoms with Crippen LogP contribution in [0.2, 0.25) is 0 Å². The van der Waals surface area contributed by atoms with Crippen LogP contribution in [0.5, 0.6) is 5.75 Å². The highest BCUT2D eigenvalue weighted by molar-refractivity contribution is 7.99. The molecular formula is C25H41O3S-. The molecule has 29 heavy (non-hydrogen) atoms. The lowest BCUT2D eigenvalue weighted by molar-refractivity contribution is -0.271. The smallest absolute Gasteiger partial charge is 0.316 e. The Labute approximate surface area is 182 Å². The summed E-state index contributed by atoms with van der Waals surface area (Å²) in [6.07, 6.45) is 5.15. The number of carboxylic acids is 1. The molecule has 0 aliphatic carbocycles. The molecule has 2 unspecified atom stereocenters. The summed E-state index contributed by atoms with van der Waals surface area (Å²) in [5.41, 5.74) is 2.22. The van der Waals surface area contributed by atoms with E-state index in [9.17, 15) is 15.0 Å². The third kappa shape index (κ3) is 7.88. The minimum absolute atomic E-state index is 0.124. The van der Waals surface area contributed by atoms with Gasteiger partial charge in [-0.3, -0.25) is 4.79 Å². The molecule has 0 spiro atoms. The van der Waals surface area contributed by atoms with Gasteiger partial charge in [0.2, 0.25) is 0 Å². The van der Waals surface area contributed by atoms with Crippen molar-refractivity contribution in [1.82, 2.24) is 0 Å². The van der Waals surface area contributed by atoms with Gasteiger partial charge in [-0.1, -0.05) is 93.2 Å². The highest BCUT2D eigenvalue weighted by Crippen LogP contribution is 2.39. The first-order valence-corrected chi connectivity index (χ1v) is 12.0. The first-order valence-electron chi connectivity index (χ1n) is 11.0. The Morgan fingerprint density at radius 2 is 1.59 bits per heavy atom. The van der Waals surface area contributed by atoms with Crippen LogP contribution in [0, 0.1) is 5.92 Å². The average Bonchev–Trinajstić information content (AvgIpc) is 2.59. The number of carboxylic acid groups (broad SMARTS) is 1. The molecule has 0 amide bonds. The molecule has 2 atom stereocenters. The van der Waals surface area contributed by atoms with E-state index < -0.39 is 11.2 Å². The summed E-state index contributed by atoms with van der Waals surface area (Å²) in [5, 5.41) is 22.4. The quantitative estimate of drug-likeness (QED) is 0.459. The van der Waals surface area contributed by atoms with Crippen LogP contribution in [-0.4, -0.2) is 16.3 Å². The maximum atomic E-state index is 13.0. The molecule has 0 saturated carbocycles. The maximum Gasteiger partial charge on any atom is 0.316 e. The number of benzene rings is 1. The van der Waals surface area contributed by atoms with Crippen molar-refractivity contribution in [3.63, 3.8) is 0 Å². The Balaban J connectivity index is 3.10. The Kier molecular flexibility index (Phi) is 9.59. The van der Waals surface area contributed by atoms with Crippen molar-refractivity contribution in [2.75, 3.05) is 0 Å². The second-order valence-electron chi connectivity index (χ2n) is 10.3. The third-order valence-electron chi connectivity index (χ3n) is 5.58. The van der Waals surface area contributed by atoms with Crippen LogP contribution >= 0.6 is 11.8 Å². The lowest BCUT2D eigenvalue weighted by Gasteiger charge is -2.34. The van der Waals surface area contributed by atoms with E-state index in [-0.39, 0.29) is 16.6 Å². The molecule has 0 aliphatic rings. The molecule has 0 aromatic heterocycles. The van der Waals surface area contributed by atoms with Gasteiger partial charge in [0.25, 0.3) is 0 Å². The van der Waals surface area contributed by atoms with Crippen molar-refractivity contribution in [3.8, 4) is 5.75 Å². The summed E-state index contributed by atoms with van der Waals surface area (Å²) in [5.74, 6) is 0.479. The highest BCUT2D eigenvalue weighted by Gasteiger charge is 2.25. The van der Waals surface area contributed by atoms with Crippen LogP contribution in [0.4, 0.5) is 0 Å². The summed E-state index contributed by atoms with van der Waals surface area (Å²) >= 11 is 1.50. The number of hydrogen-bond donors (Lipinski definition) is 1. The van der Waals surface area contributed by atoms with Crippen LogP contribution < -0.4 is 5.11 Å². The zero-order valence-corrected chi connectivity index (χ0v) is 20.5. The lowest BCUT2D eigenvalue weighted by atomic mass is 9.78. The number of thioether (sulfide) groups is 1. The van der Waals surface area contributed by atoms with Crippen molar-refractivity contribution in [2.24, 2.45) is 5.92 Å². The number of rotatable bonds is 10. The largest absolute Gasteiger partial charge is 0.872 e. The van der Waals surface area contributed by atoms with Crippen molar-refractivity contribution < 1.29 is 15.0 Å². The molecule has 1 aromatic rings. The molecule has 166 valence electrons. The Bertz CT molecular complexity index is 633. The van der Waals surface area contributed by atoms with Crippen molar-refractivity contribution >= 4 is 17.7 Å². The summed E-state index contributed by atoms with van der Waals surface area (Å²) in [4.78, 5) is 11.9. The van der Waals surface area contributed by atoms with Crippen LogP contribution in [0.3, 0.4) is 0 Å². The van der Waals surface area contributed by atoms with Gasteiger partial charge >= 0.3 is 5.97 Å². The van der Waals surface area contributed by atoms with E-state index in [0.29, 0.717) is 18.1 Å².